The Morgan fingerprint density at radius 1 is 1.27 bits per heavy atom. The molecule has 2 rings (SSSR count). The Balaban J connectivity index is 2.23. The van der Waals surface area contributed by atoms with Crippen molar-refractivity contribution in [1.82, 2.24) is 20.2 Å². The molecule has 0 saturated carbocycles. The van der Waals surface area contributed by atoms with Gasteiger partial charge in [-0.2, -0.15) is 4.80 Å². The topological polar surface area (TPSA) is 43.6 Å². The second-order valence-corrected chi connectivity index (χ2v) is 4.03. The molecular formula is C10H11BrN4. The van der Waals surface area contributed by atoms with Crippen LogP contribution in [-0.4, -0.2) is 25.5 Å². The van der Waals surface area contributed by atoms with Gasteiger partial charge in [0.15, 0.2) is 0 Å². The van der Waals surface area contributed by atoms with Crippen molar-refractivity contribution in [2.45, 2.75) is 6.42 Å². The molecule has 0 N–H and O–H groups in total. The molecule has 0 aliphatic heterocycles. The molecule has 4 nitrogen and oxygen atoms in total. The van der Waals surface area contributed by atoms with Crippen molar-refractivity contribution in [2.24, 2.45) is 7.05 Å². The van der Waals surface area contributed by atoms with Gasteiger partial charge in [-0.05, 0) is 17.2 Å². The Hall–Kier alpha value is -1.23. The molecule has 0 radical (unpaired) electrons. The highest BCUT2D eigenvalue weighted by Gasteiger charge is 2.03. The van der Waals surface area contributed by atoms with Gasteiger partial charge in [0.05, 0.1) is 7.05 Å². The van der Waals surface area contributed by atoms with Crippen LogP contribution in [0.1, 0.15) is 5.56 Å². The van der Waals surface area contributed by atoms with Crippen molar-refractivity contribution in [3.05, 3.63) is 29.8 Å². The first-order chi connectivity index (χ1) is 7.29. The van der Waals surface area contributed by atoms with E-state index in [2.05, 4.69) is 43.5 Å². The monoisotopic (exact) mass is 266 g/mol. The predicted molar refractivity (Wildman–Crippen MR) is 61.7 cm³/mol. The summed E-state index contributed by atoms with van der Waals surface area (Å²) >= 11 is 3.41. The van der Waals surface area contributed by atoms with E-state index in [1.54, 1.807) is 7.05 Å². The number of aryl methyl sites for hydroxylation is 2. The van der Waals surface area contributed by atoms with Crippen LogP contribution in [0.5, 0.6) is 0 Å². The fourth-order valence-electron chi connectivity index (χ4n) is 1.33. The van der Waals surface area contributed by atoms with Gasteiger partial charge in [-0.25, -0.2) is 0 Å². The number of hydrogen-bond acceptors (Lipinski definition) is 3. The Labute approximate surface area is 96.4 Å². The number of hydrogen-bond donors (Lipinski definition) is 0. The minimum absolute atomic E-state index is 0.669. The van der Waals surface area contributed by atoms with Gasteiger partial charge in [-0.15, -0.1) is 10.2 Å². The highest BCUT2D eigenvalue weighted by Crippen LogP contribution is 2.14. The van der Waals surface area contributed by atoms with Crippen LogP contribution in [0.3, 0.4) is 0 Å². The van der Waals surface area contributed by atoms with Crippen LogP contribution in [0.15, 0.2) is 24.3 Å². The van der Waals surface area contributed by atoms with E-state index in [1.807, 2.05) is 12.1 Å². The third-order valence-electron chi connectivity index (χ3n) is 2.10. The molecule has 2 aromatic rings. The zero-order valence-electron chi connectivity index (χ0n) is 8.39. The van der Waals surface area contributed by atoms with Crippen LogP contribution in [0.2, 0.25) is 0 Å². The van der Waals surface area contributed by atoms with Gasteiger partial charge in [0.2, 0.25) is 5.82 Å². The van der Waals surface area contributed by atoms with Gasteiger partial charge in [-0.3, -0.25) is 0 Å². The Kier molecular flexibility index (Phi) is 3.11. The maximum Gasteiger partial charge on any atom is 0.204 e. The summed E-state index contributed by atoms with van der Waals surface area (Å²) in [6.07, 6.45) is 1.04. The molecule has 0 fully saturated rings. The molecule has 1 heterocycles. The first-order valence-electron chi connectivity index (χ1n) is 4.69. The van der Waals surface area contributed by atoms with Crippen LogP contribution in [0.25, 0.3) is 11.4 Å². The number of halogens is 1. The van der Waals surface area contributed by atoms with Crippen LogP contribution < -0.4 is 0 Å². The predicted octanol–water partition coefficient (Wildman–Crippen LogP) is 1.81. The molecule has 0 amide bonds. The Bertz CT molecular complexity index is 435. The van der Waals surface area contributed by atoms with E-state index >= 15 is 0 Å². The highest BCUT2D eigenvalue weighted by molar-refractivity contribution is 9.09. The molecule has 0 bridgehead atoms. The van der Waals surface area contributed by atoms with Crippen molar-refractivity contribution in [1.29, 1.82) is 0 Å². The third-order valence-corrected chi connectivity index (χ3v) is 2.50. The third kappa shape index (κ3) is 2.41. The summed E-state index contributed by atoms with van der Waals surface area (Å²) in [5.41, 5.74) is 2.31. The minimum atomic E-state index is 0.669. The van der Waals surface area contributed by atoms with Gasteiger partial charge in [0.25, 0.3) is 0 Å². The summed E-state index contributed by atoms with van der Waals surface area (Å²) in [5.74, 6) is 0.669. The molecule has 15 heavy (non-hydrogen) atoms. The second kappa shape index (κ2) is 4.53. The second-order valence-electron chi connectivity index (χ2n) is 3.24. The quantitative estimate of drug-likeness (QED) is 0.797. The smallest absolute Gasteiger partial charge is 0.167 e. The van der Waals surface area contributed by atoms with E-state index in [0.717, 1.165) is 17.3 Å². The average molecular weight is 267 g/mol. The lowest BCUT2D eigenvalue weighted by Gasteiger charge is -1.98. The van der Waals surface area contributed by atoms with Gasteiger partial charge in [0, 0.05) is 10.9 Å². The van der Waals surface area contributed by atoms with E-state index < -0.39 is 0 Å². The van der Waals surface area contributed by atoms with Crippen molar-refractivity contribution < 1.29 is 0 Å². The lowest BCUT2D eigenvalue weighted by molar-refractivity contribution is 0.630. The number of alkyl halides is 1. The van der Waals surface area contributed by atoms with E-state index in [9.17, 15) is 0 Å². The zero-order valence-corrected chi connectivity index (χ0v) is 9.98. The molecule has 0 aliphatic rings. The zero-order chi connectivity index (χ0) is 10.7. The van der Waals surface area contributed by atoms with Gasteiger partial charge in [-0.1, -0.05) is 40.2 Å². The summed E-state index contributed by atoms with van der Waals surface area (Å²) in [4.78, 5) is 1.46. The Morgan fingerprint density at radius 3 is 2.53 bits per heavy atom. The molecular weight excluding hydrogens is 256 g/mol. The van der Waals surface area contributed by atoms with Crippen LogP contribution >= 0.6 is 15.9 Å². The summed E-state index contributed by atoms with van der Waals surface area (Å²) < 4.78 is 0. The lowest BCUT2D eigenvalue weighted by atomic mass is 10.1. The van der Waals surface area contributed by atoms with Crippen molar-refractivity contribution in [3.8, 4) is 11.4 Å². The summed E-state index contributed by atoms with van der Waals surface area (Å²) in [6, 6.07) is 8.23. The molecule has 5 heteroatoms. The van der Waals surface area contributed by atoms with Crippen molar-refractivity contribution in [3.63, 3.8) is 0 Å². The van der Waals surface area contributed by atoms with Crippen LogP contribution in [-0.2, 0) is 13.5 Å². The Morgan fingerprint density at radius 2 is 2.00 bits per heavy atom. The minimum Gasteiger partial charge on any atom is -0.167 e. The number of rotatable bonds is 3. The molecule has 0 unspecified atom stereocenters. The highest BCUT2D eigenvalue weighted by atomic mass is 79.9. The van der Waals surface area contributed by atoms with E-state index in [0.29, 0.717) is 5.82 Å². The first kappa shape index (κ1) is 10.3. The summed E-state index contributed by atoms with van der Waals surface area (Å²) in [5, 5.41) is 12.9. The van der Waals surface area contributed by atoms with Gasteiger partial charge >= 0.3 is 0 Å². The maximum absolute atomic E-state index is 4.14. The fourth-order valence-corrected chi connectivity index (χ4v) is 1.79. The fraction of sp³-hybridized carbons (Fsp3) is 0.300. The summed E-state index contributed by atoms with van der Waals surface area (Å²) in [7, 11) is 1.76. The molecule has 1 aromatic carbocycles. The summed E-state index contributed by atoms with van der Waals surface area (Å²) in [6.45, 7) is 0. The largest absolute Gasteiger partial charge is 0.204 e. The van der Waals surface area contributed by atoms with Gasteiger partial charge in [0.1, 0.15) is 0 Å². The molecule has 0 aliphatic carbocycles. The molecule has 0 spiro atoms. The first-order valence-corrected chi connectivity index (χ1v) is 5.81. The standard InChI is InChI=1S/C10H11BrN4/c1-15-13-10(12-14-15)9-4-2-8(3-5-9)6-7-11/h2-5H,6-7H2,1H3. The van der Waals surface area contributed by atoms with Crippen LogP contribution in [0, 0.1) is 0 Å². The normalized spacial score (nSPS) is 10.5. The SMILES string of the molecule is Cn1nnc(-c2ccc(CCBr)cc2)n1. The van der Waals surface area contributed by atoms with Crippen molar-refractivity contribution >= 4 is 15.9 Å². The van der Waals surface area contributed by atoms with Crippen molar-refractivity contribution in [2.75, 3.05) is 5.33 Å². The number of benzene rings is 1. The number of tetrazole rings is 1. The van der Waals surface area contributed by atoms with E-state index in [-0.39, 0.29) is 0 Å². The molecule has 1 aromatic heterocycles. The van der Waals surface area contributed by atoms with E-state index in [1.165, 1.54) is 10.4 Å². The average Bonchev–Trinajstić information content (AvgIpc) is 2.67. The number of aromatic nitrogens is 4. The number of nitrogens with zero attached hydrogens (tertiary/aromatic N) is 4. The van der Waals surface area contributed by atoms with E-state index in [4.69, 9.17) is 0 Å². The molecule has 78 valence electrons. The van der Waals surface area contributed by atoms with Crippen LogP contribution in [0.4, 0.5) is 0 Å². The van der Waals surface area contributed by atoms with Gasteiger partial charge < -0.3 is 0 Å². The maximum atomic E-state index is 4.14. The lowest BCUT2D eigenvalue weighted by Crippen LogP contribution is -1.92. The molecule has 0 saturated heterocycles. The molecule has 0 atom stereocenters.